The number of urea groups is 1. The number of carbonyl (C=O) groups excluding carboxylic acids is 3. The van der Waals surface area contributed by atoms with Crippen LogP contribution in [-0.4, -0.2) is 86.2 Å². The molecule has 0 bridgehead atoms. The number of hydrogen-bond acceptors (Lipinski definition) is 6. The van der Waals surface area contributed by atoms with Crippen LogP contribution in [-0.2, 0) is 9.53 Å². The summed E-state index contributed by atoms with van der Waals surface area (Å²) in [7, 11) is 1.52. The molecule has 0 spiro atoms. The molecule has 4 rings (SSSR count). The molecule has 34 heavy (non-hydrogen) atoms. The Morgan fingerprint density at radius 2 is 1.71 bits per heavy atom. The van der Waals surface area contributed by atoms with Gasteiger partial charge in [0.2, 0.25) is 5.91 Å². The number of nitrogens with zero attached hydrogens (tertiary/aromatic N) is 3. The van der Waals surface area contributed by atoms with E-state index in [4.69, 9.17) is 9.47 Å². The largest absolute Gasteiger partial charge is 0.495 e. The van der Waals surface area contributed by atoms with Gasteiger partial charge in [0.1, 0.15) is 5.75 Å². The summed E-state index contributed by atoms with van der Waals surface area (Å²) in [5.41, 5.74) is 0.995. The summed E-state index contributed by atoms with van der Waals surface area (Å²) in [6.07, 6.45) is 5.77. The van der Waals surface area contributed by atoms with Crippen molar-refractivity contribution in [2.45, 2.75) is 57.7 Å². The van der Waals surface area contributed by atoms with E-state index in [9.17, 15) is 14.4 Å². The maximum absolute atomic E-state index is 13.2. The zero-order valence-corrected chi connectivity index (χ0v) is 20.3. The zero-order chi connectivity index (χ0) is 24.1. The molecule has 4 amide bonds. The van der Waals surface area contributed by atoms with E-state index < -0.39 is 6.03 Å². The molecule has 0 aliphatic carbocycles. The number of rotatable bonds is 7. The molecule has 3 saturated heterocycles. The first kappa shape index (κ1) is 24.5. The second-order valence-corrected chi connectivity index (χ2v) is 9.31. The lowest BCUT2D eigenvalue weighted by molar-refractivity contribution is -0.120. The fourth-order valence-electron chi connectivity index (χ4n) is 5.06. The Morgan fingerprint density at radius 3 is 2.32 bits per heavy atom. The Hall–Kier alpha value is -2.65. The second-order valence-electron chi connectivity index (χ2n) is 9.31. The first-order valence-electron chi connectivity index (χ1n) is 12.4. The van der Waals surface area contributed by atoms with Crippen molar-refractivity contribution in [3.8, 4) is 5.75 Å². The van der Waals surface area contributed by atoms with Crippen molar-refractivity contribution >= 4 is 23.5 Å². The maximum Gasteiger partial charge on any atom is 0.328 e. The molecule has 1 aromatic rings. The van der Waals surface area contributed by atoms with E-state index in [2.05, 4.69) is 17.1 Å². The Morgan fingerprint density at radius 1 is 1.03 bits per heavy atom. The summed E-state index contributed by atoms with van der Waals surface area (Å²) in [6.45, 7) is 7.16. The van der Waals surface area contributed by atoms with Crippen LogP contribution in [0.15, 0.2) is 18.2 Å². The second kappa shape index (κ2) is 11.2. The number of nitrogens with one attached hydrogen (secondary N) is 1. The topological polar surface area (TPSA) is 91.4 Å². The van der Waals surface area contributed by atoms with Crippen LogP contribution in [0.25, 0.3) is 0 Å². The molecule has 1 N–H and O–H groups in total. The van der Waals surface area contributed by atoms with Gasteiger partial charge in [0.15, 0.2) is 0 Å². The summed E-state index contributed by atoms with van der Waals surface area (Å²) in [5.74, 6) is 0.117. The molecule has 3 aliphatic heterocycles. The van der Waals surface area contributed by atoms with Crippen LogP contribution in [0, 0.1) is 0 Å². The Balaban J connectivity index is 1.33. The molecule has 0 atom stereocenters. The monoisotopic (exact) mass is 472 g/mol. The fourth-order valence-corrected chi connectivity index (χ4v) is 5.06. The van der Waals surface area contributed by atoms with Crippen molar-refractivity contribution in [1.29, 1.82) is 0 Å². The van der Waals surface area contributed by atoms with E-state index >= 15 is 0 Å². The number of likely N-dealkylation sites (tertiary alicyclic amines) is 2. The predicted octanol–water partition coefficient (Wildman–Crippen LogP) is 2.64. The lowest BCUT2D eigenvalue weighted by Crippen LogP contribution is -2.49. The van der Waals surface area contributed by atoms with Crippen LogP contribution in [0.2, 0.25) is 0 Å². The highest BCUT2D eigenvalue weighted by atomic mass is 16.5. The normalized spacial score (nSPS) is 21.0. The summed E-state index contributed by atoms with van der Waals surface area (Å²) in [4.78, 5) is 42.9. The molecule has 1 aromatic carbocycles. The van der Waals surface area contributed by atoms with Gasteiger partial charge in [-0.25, -0.2) is 4.79 Å². The maximum atomic E-state index is 13.2. The highest BCUT2D eigenvalue weighted by molar-refractivity contribution is 6.07. The molecule has 3 heterocycles. The molecule has 0 radical (unpaired) electrons. The SMILES string of the molecule is CCCN1CCC(OC2CCN(C(=O)c3ccc(OC)c(N4CCC(=O)NC4=O)c3)CC2)CC1. The number of benzene rings is 1. The predicted molar refractivity (Wildman–Crippen MR) is 128 cm³/mol. The Kier molecular flexibility index (Phi) is 8.05. The lowest BCUT2D eigenvalue weighted by Gasteiger charge is -2.37. The molecule has 3 aliphatic rings. The molecule has 3 fully saturated rings. The summed E-state index contributed by atoms with van der Waals surface area (Å²) >= 11 is 0. The van der Waals surface area contributed by atoms with Gasteiger partial charge in [-0.2, -0.15) is 0 Å². The number of carbonyl (C=O) groups is 3. The minimum Gasteiger partial charge on any atom is -0.495 e. The van der Waals surface area contributed by atoms with Gasteiger partial charge in [-0.1, -0.05) is 6.92 Å². The molecule has 186 valence electrons. The summed E-state index contributed by atoms with van der Waals surface area (Å²) < 4.78 is 11.8. The number of piperidine rings is 2. The third-order valence-corrected chi connectivity index (χ3v) is 6.96. The third kappa shape index (κ3) is 5.70. The molecule has 0 saturated carbocycles. The van der Waals surface area contributed by atoms with Gasteiger partial charge >= 0.3 is 6.03 Å². The van der Waals surface area contributed by atoms with Crippen molar-refractivity contribution < 1.29 is 23.9 Å². The van der Waals surface area contributed by atoms with Gasteiger partial charge in [0.25, 0.3) is 5.91 Å². The van der Waals surface area contributed by atoms with Crippen LogP contribution < -0.4 is 15.0 Å². The smallest absolute Gasteiger partial charge is 0.328 e. The van der Waals surface area contributed by atoms with Crippen molar-refractivity contribution in [3.63, 3.8) is 0 Å². The zero-order valence-electron chi connectivity index (χ0n) is 20.3. The third-order valence-electron chi connectivity index (χ3n) is 6.96. The minimum atomic E-state index is -0.502. The van der Waals surface area contributed by atoms with E-state index in [-0.39, 0.29) is 30.9 Å². The Bertz CT molecular complexity index is 891. The number of hydrogen-bond donors (Lipinski definition) is 1. The average molecular weight is 473 g/mol. The number of anilines is 1. The minimum absolute atomic E-state index is 0.0660. The van der Waals surface area contributed by atoms with Gasteiger partial charge in [-0.15, -0.1) is 0 Å². The van der Waals surface area contributed by atoms with Crippen LogP contribution in [0.3, 0.4) is 0 Å². The molecular weight excluding hydrogens is 436 g/mol. The van der Waals surface area contributed by atoms with Crippen LogP contribution in [0.5, 0.6) is 5.75 Å². The standard InChI is InChI=1S/C25H36N4O5/c1-3-11-27-12-6-19(7-13-27)34-20-8-14-28(15-9-20)24(31)18-4-5-22(33-2)21(17-18)29-16-10-23(30)26-25(29)32/h4-5,17,19-20H,3,6-16H2,1-2H3,(H,26,30,32). The van der Waals surface area contributed by atoms with Gasteiger partial charge in [0.05, 0.1) is 25.0 Å². The van der Waals surface area contributed by atoms with Crippen molar-refractivity contribution in [2.75, 3.05) is 51.3 Å². The van der Waals surface area contributed by atoms with Gasteiger partial charge < -0.3 is 19.3 Å². The number of methoxy groups -OCH3 is 1. The molecule has 9 heteroatoms. The van der Waals surface area contributed by atoms with Gasteiger partial charge in [-0.05, 0) is 56.8 Å². The summed E-state index contributed by atoms with van der Waals surface area (Å²) in [6, 6.07) is 4.61. The van der Waals surface area contributed by atoms with E-state index in [0.717, 1.165) is 38.8 Å². The highest BCUT2D eigenvalue weighted by Gasteiger charge is 2.30. The summed E-state index contributed by atoms with van der Waals surface area (Å²) in [5, 5.41) is 2.32. The van der Waals surface area contributed by atoms with Gasteiger partial charge in [0, 0.05) is 44.7 Å². The molecule has 0 unspecified atom stereocenters. The first-order valence-corrected chi connectivity index (χ1v) is 12.4. The highest BCUT2D eigenvalue weighted by Crippen LogP contribution is 2.31. The number of amides is 4. The molecular formula is C25H36N4O5. The van der Waals surface area contributed by atoms with Crippen LogP contribution in [0.4, 0.5) is 10.5 Å². The van der Waals surface area contributed by atoms with Crippen molar-refractivity contribution in [2.24, 2.45) is 0 Å². The van der Waals surface area contributed by atoms with Crippen molar-refractivity contribution in [1.82, 2.24) is 15.1 Å². The average Bonchev–Trinajstić information content (AvgIpc) is 2.85. The molecule has 0 aromatic heterocycles. The van der Waals surface area contributed by atoms with E-state index in [0.29, 0.717) is 36.2 Å². The first-order chi connectivity index (χ1) is 16.5. The Labute approximate surface area is 201 Å². The lowest BCUT2D eigenvalue weighted by atomic mass is 10.0. The van der Waals surface area contributed by atoms with Crippen molar-refractivity contribution in [3.05, 3.63) is 23.8 Å². The van der Waals surface area contributed by atoms with E-state index in [1.54, 1.807) is 18.2 Å². The van der Waals surface area contributed by atoms with Crippen LogP contribution >= 0.6 is 0 Å². The van der Waals surface area contributed by atoms with E-state index in [1.165, 1.54) is 25.0 Å². The fraction of sp³-hybridized carbons (Fsp3) is 0.640. The molecule has 9 nitrogen and oxygen atoms in total. The number of imide groups is 1. The van der Waals surface area contributed by atoms with Crippen LogP contribution in [0.1, 0.15) is 55.8 Å². The quantitative estimate of drug-likeness (QED) is 0.656. The van der Waals surface area contributed by atoms with E-state index in [1.807, 2.05) is 4.90 Å². The van der Waals surface area contributed by atoms with Gasteiger partial charge in [-0.3, -0.25) is 19.8 Å². The number of ether oxygens (including phenoxy) is 2.